The number of fused-ring (bicyclic) bond motifs is 2. The van der Waals surface area contributed by atoms with Crippen LogP contribution in [0.2, 0.25) is 10.0 Å². The van der Waals surface area contributed by atoms with Crippen molar-refractivity contribution in [3.05, 3.63) is 99.5 Å². The number of anilines is 2. The molecule has 2 aliphatic carbocycles. The van der Waals surface area contributed by atoms with Gasteiger partial charge in [-0.1, -0.05) is 23.2 Å². The lowest BCUT2D eigenvalue weighted by molar-refractivity contribution is 0.547. The van der Waals surface area contributed by atoms with Crippen molar-refractivity contribution in [3.8, 4) is 0 Å². The monoisotopic (exact) mass is 507 g/mol. The van der Waals surface area contributed by atoms with Crippen LogP contribution in [-0.2, 0) is 0 Å². The molecule has 1 aromatic carbocycles. The van der Waals surface area contributed by atoms with E-state index in [-0.39, 0.29) is 24.3 Å². The molecule has 0 fully saturated rings. The molecule has 1 aliphatic heterocycles. The maximum atomic E-state index is 14.2. The fourth-order valence-electron chi connectivity index (χ4n) is 4.23. The first-order valence-electron chi connectivity index (χ1n) is 11.4. The third kappa shape index (κ3) is 4.81. The minimum absolute atomic E-state index is 0.0716. The third-order valence-electron chi connectivity index (χ3n) is 5.80. The Balaban J connectivity index is 1.65. The number of allylic oxidation sites excluding steroid dienone is 4. The molecule has 1 aromatic heterocycles. The zero-order chi connectivity index (χ0) is 24.7. The molecule has 1 unspecified atom stereocenters. The Hall–Kier alpha value is -3.22. The van der Waals surface area contributed by atoms with Crippen LogP contribution in [0.1, 0.15) is 26.0 Å². The van der Waals surface area contributed by atoms with E-state index in [1.807, 2.05) is 57.2 Å². The van der Waals surface area contributed by atoms with Gasteiger partial charge in [-0.2, -0.15) is 0 Å². The molecule has 1 N–H and O–H groups in total. The SMILES string of the molecule is Cc1ccc(NC2=CC3=NC4CC(F)=CC=C4N(c4ccc(Cl)c(Cl)c4)C3=CC2=NC(C)C)cn1. The molecule has 35 heavy (non-hydrogen) atoms. The molecule has 0 amide bonds. The van der Waals surface area contributed by atoms with Gasteiger partial charge < -0.3 is 10.2 Å². The van der Waals surface area contributed by atoms with E-state index in [9.17, 15) is 4.39 Å². The minimum Gasteiger partial charge on any atom is -0.352 e. The van der Waals surface area contributed by atoms with Gasteiger partial charge in [0.25, 0.3) is 0 Å². The van der Waals surface area contributed by atoms with E-state index in [1.165, 1.54) is 6.08 Å². The van der Waals surface area contributed by atoms with E-state index in [2.05, 4.69) is 15.2 Å². The minimum atomic E-state index is -0.358. The second-order valence-electron chi connectivity index (χ2n) is 8.88. The van der Waals surface area contributed by atoms with Crippen molar-refractivity contribution in [1.29, 1.82) is 0 Å². The van der Waals surface area contributed by atoms with Crippen molar-refractivity contribution in [2.24, 2.45) is 9.98 Å². The van der Waals surface area contributed by atoms with Gasteiger partial charge in [-0.15, -0.1) is 0 Å². The molecule has 5 nitrogen and oxygen atoms in total. The van der Waals surface area contributed by atoms with Gasteiger partial charge in [-0.05, 0) is 75.4 Å². The largest absolute Gasteiger partial charge is 0.352 e. The summed E-state index contributed by atoms with van der Waals surface area (Å²) in [6, 6.07) is 9.12. The number of aryl methyl sites for hydroxylation is 1. The quantitative estimate of drug-likeness (QED) is 0.444. The topological polar surface area (TPSA) is 52.9 Å². The molecule has 0 saturated carbocycles. The van der Waals surface area contributed by atoms with Crippen molar-refractivity contribution in [2.45, 2.75) is 39.3 Å². The molecule has 2 heterocycles. The zero-order valence-corrected chi connectivity index (χ0v) is 21.1. The average Bonchev–Trinajstić information content (AvgIpc) is 2.81. The highest BCUT2D eigenvalue weighted by molar-refractivity contribution is 6.42. The number of rotatable bonds is 4. The summed E-state index contributed by atoms with van der Waals surface area (Å²) in [5.74, 6) is -0.199. The summed E-state index contributed by atoms with van der Waals surface area (Å²) in [5, 5.41) is 4.35. The van der Waals surface area contributed by atoms with Gasteiger partial charge in [-0.3, -0.25) is 15.0 Å². The molecule has 0 spiro atoms. The summed E-state index contributed by atoms with van der Waals surface area (Å²) in [6.07, 6.45) is 9.24. The molecule has 5 rings (SSSR count). The Morgan fingerprint density at radius 3 is 2.66 bits per heavy atom. The molecule has 8 heteroatoms. The molecular weight excluding hydrogens is 484 g/mol. The summed E-state index contributed by atoms with van der Waals surface area (Å²) in [7, 11) is 0. The highest BCUT2D eigenvalue weighted by Gasteiger charge is 2.35. The summed E-state index contributed by atoms with van der Waals surface area (Å²) >= 11 is 12.6. The van der Waals surface area contributed by atoms with Gasteiger partial charge in [0.1, 0.15) is 5.83 Å². The second-order valence-corrected chi connectivity index (χ2v) is 9.70. The number of nitrogens with zero attached hydrogens (tertiary/aromatic N) is 4. The van der Waals surface area contributed by atoms with Crippen molar-refractivity contribution >= 4 is 46.0 Å². The number of pyridine rings is 1. The fourth-order valence-corrected chi connectivity index (χ4v) is 4.52. The zero-order valence-electron chi connectivity index (χ0n) is 19.6. The Kier molecular flexibility index (Phi) is 6.34. The van der Waals surface area contributed by atoms with Crippen LogP contribution >= 0.6 is 23.2 Å². The number of halogens is 3. The summed E-state index contributed by atoms with van der Waals surface area (Å²) < 4.78 is 14.2. The molecule has 3 aliphatic rings. The van der Waals surface area contributed by atoms with Gasteiger partial charge >= 0.3 is 0 Å². The number of aromatic nitrogens is 1. The Labute approximate surface area is 214 Å². The lowest BCUT2D eigenvalue weighted by atomic mass is 9.94. The first kappa shape index (κ1) is 23.5. The van der Waals surface area contributed by atoms with Crippen molar-refractivity contribution in [1.82, 2.24) is 4.98 Å². The summed E-state index contributed by atoms with van der Waals surface area (Å²) in [5.41, 5.74) is 6.65. The van der Waals surface area contributed by atoms with Crippen LogP contribution < -0.4 is 10.2 Å². The van der Waals surface area contributed by atoms with Gasteiger partial charge in [0, 0.05) is 29.5 Å². The van der Waals surface area contributed by atoms with Gasteiger partial charge in [0.05, 0.1) is 50.8 Å². The van der Waals surface area contributed by atoms with Crippen molar-refractivity contribution in [2.75, 3.05) is 10.2 Å². The van der Waals surface area contributed by atoms with E-state index >= 15 is 0 Å². The number of benzene rings is 1. The number of nitrogens with one attached hydrogen (secondary N) is 1. The molecule has 1 atom stereocenters. The number of aliphatic imine (C=N–C) groups is 2. The van der Waals surface area contributed by atoms with Crippen molar-refractivity contribution in [3.63, 3.8) is 0 Å². The smallest absolute Gasteiger partial charge is 0.103 e. The fraction of sp³-hybridized carbons (Fsp3) is 0.222. The predicted octanol–water partition coefficient (Wildman–Crippen LogP) is 7.21. The summed E-state index contributed by atoms with van der Waals surface area (Å²) in [6.45, 7) is 6.01. The first-order valence-corrected chi connectivity index (χ1v) is 12.1. The van der Waals surface area contributed by atoms with Crippen LogP contribution in [0, 0.1) is 6.92 Å². The first-order chi connectivity index (χ1) is 16.8. The van der Waals surface area contributed by atoms with Crippen LogP contribution in [0.5, 0.6) is 0 Å². The normalized spacial score (nSPS) is 20.4. The maximum absolute atomic E-state index is 14.2. The van der Waals surface area contributed by atoms with Crippen LogP contribution in [0.25, 0.3) is 0 Å². The highest BCUT2D eigenvalue weighted by atomic mass is 35.5. The highest BCUT2D eigenvalue weighted by Crippen LogP contribution is 2.40. The number of hydrogen-bond donors (Lipinski definition) is 1. The predicted molar refractivity (Wildman–Crippen MR) is 143 cm³/mol. The van der Waals surface area contributed by atoms with E-state index < -0.39 is 0 Å². The standard InChI is InChI=1S/C27H24Cl2FN5/c1-15(2)32-23-13-27-25(12-22(23)33-18-6-4-16(3)31-14-18)34-24-10-17(30)5-9-26(24)35(27)19-7-8-20(28)21(29)11-19/h4-9,11-15,24,33H,10H2,1-3H3. The molecule has 2 aromatic rings. The molecule has 178 valence electrons. The van der Waals surface area contributed by atoms with E-state index in [0.29, 0.717) is 10.0 Å². The van der Waals surface area contributed by atoms with Crippen LogP contribution in [0.3, 0.4) is 0 Å². The van der Waals surface area contributed by atoms with Crippen LogP contribution in [0.4, 0.5) is 15.8 Å². The number of hydrogen-bond acceptors (Lipinski definition) is 5. The van der Waals surface area contributed by atoms with E-state index in [4.69, 9.17) is 33.2 Å². The summed E-state index contributed by atoms with van der Waals surface area (Å²) in [4.78, 5) is 16.2. The van der Waals surface area contributed by atoms with Gasteiger partial charge in [0.2, 0.25) is 0 Å². The molecular formula is C27H24Cl2FN5. The van der Waals surface area contributed by atoms with Crippen LogP contribution in [0.15, 0.2) is 93.7 Å². The molecule has 0 radical (unpaired) electrons. The van der Waals surface area contributed by atoms with E-state index in [1.54, 1.807) is 18.3 Å². The van der Waals surface area contributed by atoms with Gasteiger partial charge in [-0.25, -0.2) is 4.39 Å². The molecule has 0 bridgehead atoms. The Morgan fingerprint density at radius 1 is 1.11 bits per heavy atom. The maximum Gasteiger partial charge on any atom is 0.103 e. The molecule has 0 saturated heterocycles. The second kappa shape index (κ2) is 9.44. The lowest BCUT2D eigenvalue weighted by Gasteiger charge is -2.39. The van der Waals surface area contributed by atoms with E-state index in [0.717, 1.165) is 45.6 Å². The van der Waals surface area contributed by atoms with Gasteiger partial charge in [0.15, 0.2) is 0 Å². The average molecular weight is 508 g/mol. The Bertz CT molecular complexity index is 1370. The third-order valence-corrected chi connectivity index (χ3v) is 6.54. The Morgan fingerprint density at radius 2 is 1.94 bits per heavy atom. The van der Waals surface area contributed by atoms with Crippen molar-refractivity contribution < 1.29 is 4.39 Å². The lowest BCUT2D eigenvalue weighted by Crippen LogP contribution is -2.40. The van der Waals surface area contributed by atoms with Crippen LogP contribution in [-0.4, -0.2) is 28.5 Å².